The number of nitrogens with zero attached hydrogens (tertiary/aromatic N) is 1. The largest absolute Gasteiger partial charge is 0.366 e. The minimum absolute atomic E-state index is 0.756. The summed E-state index contributed by atoms with van der Waals surface area (Å²) in [4.78, 5) is 2.55. The molecule has 0 atom stereocenters. The summed E-state index contributed by atoms with van der Waals surface area (Å²) in [6.45, 7) is 4.87. The van der Waals surface area contributed by atoms with Crippen LogP contribution in [-0.2, 0) is 0 Å². The van der Waals surface area contributed by atoms with Gasteiger partial charge in [0.1, 0.15) is 0 Å². The summed E-state index contributed by atoms with van der Waals surface area (Å²) in [5.74, 6) is 0. The number of likely N-dealkylation sites (tertiary alicyclic amines) is 1. The topological polar surface area (TPSA) is 27.3 Å². The maximum atomic E-state index is 4.98. The Labute approximate surface area is 92.2 Å². The quantitative estimate of drug-likeness (QED) is 0.527. The van der Waals surface area contributed by atoms with Crippen molar-refractivity contribution in [2.45, 2.75) is 25.7 Å². The third-order valence-electron chi connectivity index (χ3n) is 2.61. The van der Waals surface area contributed by atoms with E-state index in [1.165, 1.54) is 45.3 Å². The Bertz CT molecular complexity index is 167. The molecule has 0 aromatic rings. The monoisotopic (exact) mass is 215 g/mol. The molecular formula is C10H21N3S. The van der Waals surface area contributed by atoms with Crippen molar-refractivity contribution in [3.05, 3.63) is 0 Å². The SMILES string of the molecule is CNC(=S)NCCCCN1CCCC1. The molecule has 0 radical (unpaired) electrons. The fourth-order valence-corrected chi connectivity index (χ4v) is 1.86. The third-order valence-corrected chi connectivity index (χ3v) is 2.96. The molecule has 0 unspecified atom stereocenters. The molecule has 3 nitrogen and oxygen atoms in total. The van der Waals surface area contributed by atoms with Gasteiger partial charge in [0.2, 0.25) is 0 Å². The van der Waals surface area contributed by atoms with Crippen molar-refractivity contribution in [3.8, 4) is 0 Å². The van der Waals surface area contributed by atoms with Gasteiger partial charge in [-0.05, 0) is 57.5 Å². The van der Waals surface area contributed by atoms with Crippen LogP contribution in [0.1, 0.15) is 25.7 Å². The molecule has 0 aromatic carbocycles. The predicted molar refractivity (Wildman–Crippen MR) is 64.6 cm³/mol. The van der Waals surface area contributed by atoms with Crippen LogP contribution in [0.2, 0.25) is 0 Å². The number of thiocarbonyl (C=S) groups is 1. The summed E-state index contributed by atoms with van der Waals surface area (Å²) in [5, 5.41) is 6.82. The number of nitrogens with one attached hydrogen (secondary N) is 2. The van der Waals surface area contributed by atoms with Gasteiger partial charge in [0.05, 0.1) is 0 Å². The second-order valence-electron chi connectivity index (χ2n) is 3.76. The number of rotatable bonds is 5. The molecule has 4 heteroatoms. The zero-order valence-corrected chi connectivity index (χ0v) is 9.83. The predicted octanol–water partition coefficient (Wildman–Crippen LogP) is 0.956. The van der Waals surface area contributed by atoms with Crippen molar-refractivity contribution in [1.29, 1.82) is 0 Å². The van der Waals surface area contributed by atoms with E-state index < -0.39 is 0 Å². The minimum Gasteiger partial charge on any atom is -0.366 e. The van der Waals surface area contributed by atoms with Crippen molar-refractivity contribution >= 4 is 17.3 Å². The van der Waals surface area contributed by atoms with Crippen molar-refractivity contribution < 1.29 is 0 Å². The van der Waals surface area contributed by atoms with Crippen LogP contribution < -0.4 is 10.6 Å². The lowest BCUT2D eigenvalue weighted by molar-refractivity contribution is 0.330. The van der Waals surface area contributed by atoms with E-state index in [-0.39, 0.29) is 0 Å². The maximum absolute atomic E-state index is 4.98. The first-order valence-corrected chi connectivity index (χ1v) is 5.91. The summed E-state index contributed by atoms with van der Waals surface area (Å²) >= 11 is 4.98. The van der Waals surface area contributed by atoms with E-state index in [9.17, 15) is 0 Å². The van der Waals surface area contributed by atoms with Crippen LogP contribution in [-0.4, -0.2) is 43.2 Å². The second kappa shape index (κ2) is 7.01. The molecule has 1 fully saturated rings. The average molecular weight is 215 g/mol. The molecule has 0 aromatic heterocycles. The molecule has 0 aliphatic carbocycles. The van der Waals surface area contributed by atoms with Gasteiger partial charge in [-0.3, -0.25) is 0 Å². The molecule has 1 rings (SSSR count). The molecule has 0 saturated carbocycles. The van der Waals surface area contributed by atoms with E-state index >= 15 is 0 Å². The van der Waals surface area contributed by atoms with E-state index in [1.54, 1.807) is 0 Å². The van der Waals surface area contributed by atoms with Crippen LogP contribution in [0.15, 0.2) is 0 Å². The van der Waals surface area contributed by atoms with Crippen LogP contribution in [0.5, 0.6) is 0 Å². The number of hydrogen-bond donors (Lipinski definition) is 2. The molecule has 1 heterocycles. The van der Waals surface area contributed by atoms with Crippen LogP contribution in [0.25, 0.3) is 0 Å². The minimum atomic E-state index is 0.756. The van der Waals surface area contributed by atoms with Crippen molar-refractivity contribution in [2.24, 2.45) is 0 Å². The summed E-state index contributed by atoms with van der Waals surface area (Å²) in [7, 11) is 1.85. The highest BCUT2D eigenvalue weighted by Gasteiger charge is 2.09. The molecule has 1 aliphatic rings. The lowest BCUT2D eigenvalue weighted by Gasteiger charge is -2.14. The highest BCUT2D eigenvalue weighted by atomic mass is 32.1. The highest BCUT2D eigenvalue weighted by molar-refractivity contribution is 7.80. The van der Waals surface area contributed by atoms with E-state index in [2.05, 4.69) is 15.5 Å². The fraction of sp³-hybridized carbons (Fsp3) is 0.900. The lowest BCUT2D eigenvalue weighted by Crippen LogP contribution is -2.33. The molecule has 1 saturated heterocycles. The van der Waals surface area contributed by atoms with Crippen molar-refractivity contribution in [1.82, 2.24) is 15.5 Å². The zero-order chi connectivity index (χ0) is 10.2. The summed E-state index contributed by atoms with van der Waals surface area (Å²) < 4.78 is 0. The Balaban J connectivity index is 1.86. The van der Waals surface area contributed by atoms with Gasteiger partial charge in [-0.25, -0.2) is 0 Å². The van der Waals surface area contributed by atoms with Crippen molar-refractivity contribution in [2.75, 3.05) is 33.2 Å². The first kappa shape index (κ1) is 11.7. The molecule has 0 amide bonds. The molecule has 14 heavy (non-hydrogen) atoms. The summed E-state index contributed by atoms with van der Waals surface area (Å²) in [6.07, 6.45) is 5.27. The Morgan fingerprint density at radius 2 is 2.00 bits per heavy atom. The van der Waals surface area contributed by atoms with Gasteiger partial charge < -0.3 is 15.5 Å². The van der Waals surface area contributed by atoms with Gasteiger partial charge in [0.25, 0.3) is 0 Å². The molecule has 2 N–H and O–H groups in total. The Morgan fingerprint density at radius 3 is 2.64 bits per heavy atom. The first-order valence-electron chi connectivity index (χ1n) is 5.51. The Morgan fingerprint density at radius 1 is 1.29 bits per heavy atom. The van der Waals surface area contributed by atoms with E-state index in [1.807, 2.05) is 7.05 Å². The first-order chi connectivity index (χ1) is 6.83. The maximum Gasteiger partial charge on any atom is 0.166 e. The van der Waals surface area contributed by atoms with E-state index in [0.29, 0.717) is 0 Å². The second-order valence-corrected chi connectivity index (χ2v) is 4.17. The van der Waals surface area contributed by atoms with Crippen molar-refractivity contribution in [3.63, 3.8) is 0 Å². The van der Waals surface area contributed by atoms with Crippen LogP contribution in [0.3, 0.4) is 0 Å². The van der Waals surface area contributed by atoms with E-state index in [0.717, 1.165) is 11.7 Å². The van der Waals surface area contributed by atoms with Crippen LogP contribution in [0.4, 0.5) is 0 Å². The smallest absolute Gasteiger partial charge is 0.166 e. The normalized spacial score (nSPS) is 16.9. The summed E-state index contributed by atoms with van der Waals surface area (Å²) in [6, 6.07) is 0. The molecule has 1 aliphatic heterocycles. The molecule has 82 valence electrons. The molecule has 0 bridgehead atoms. The number of unbranched alkanes of at least 4 members (excludes halogenated alkanes) is 1. The lowest BCUT2D eigenvalue weighted by atomic mass is 10.3. The van der Waals surface area contributed by atoms with Crippen LogP contribution >= 0.6 is 12.2 Å². The fourth-order valence-electron chi connectivity index (χ4n) is 1.76. The van der Waals surface area contributed by atoms with Gasteiger partial charge in [-0.2, -0.15) is 0 Å². The van der Waals surface area contributed by atoms with Gasteiger partial charge >= 0.3 is 0 Å². The summed E-state index contributed by atoms with van der Waals surface area (Å²) in [5.41, 5.74) is 0. The molecular weight excluding hydrogens is 194 g/mol. The average Bonchev–Trinajstić information content (AvgIpc) is 2.69. The zero-order valence-electron chi connectivity index (χ0n) is 9.01. The van der Waals surface area contributed by atoms with Gasteiger partial charge in [-0.1, -0.05) is 0 Å². The third kappa shape index (κ3) is 4.77. The number of hydrogen-bond acceptors (Lipinski definition) is 2. The Kier molecular flexibility index (Phi) is 5.87. The van der Waals surface area contributed by atoms with Gasteiger partial charge in [-0.15, -0.1) is 0 Å². The van der Waals surface area contributed by atoms with Crippen LogP contribution in [0, 0.1) is 0 Å². The van der Waals surface area contributed by atoms with E-state index in [4.69, 9.17) is 12.2 Å². The molecule has 0 spiro atoms. The standard InChI is InChI=1S/C10H21N3S/c1-11-10(14)12-6-2-3-7-13-8-4-5-9-13/h2-9H2,1H3,(H2,11,12,14). The van der Waals surface area contributed by atoms with Gasteiger partial charge in [0, 0.05) is 13.6 Å². The highest BCUT2D eigenvalue weighted by Crippen LogP contribution is 2.07. The van der Waals surface area contributed by atoms with Gasteiger partial charge in [0.15, 0.2) is 5.11 Å². The Hall–Kier alpha value is -0.350.